The first-order valence-corrected chi connectivity index (χ1v) is 23.5. The maximum absolute atomic E-state index is 5.42. The van der Waals surface area contributed by atoms with Crippen molar-refractivity contribution in [2.45, 2.75) is 177 Å². The van der Waals surface area contributed by atoms with E-state index in [9.17, 15) is 0 Å². The average Bonchev–Trinajstić information content (AvgIpc) is 3.59. The Bertz CT molecular complexity index is 1160. The van der Waals surface area contributed by atoms with E-state index in [4.69, 9.17) is 6.66 Å². The summed E-state index contributed by atoms with van der Waals surface area (Å²) in [6, 6.07) is 14.8. The summed E-state index contributed by atoms with van der Waals surface area (Å²) in [5, 5.41) is 1.70. The number of rotatable bonds is 7. The van der Waals surface area contributed by atoms with Crippen LogP contribution in [-0.4, -0.2) is 27.2 Å². The Morgan fingerprint density at radius 2 is 1.06 bits per heavy atom. The van der Waals surface area contributed by atoms with Crippen LogP contribution < -0.4 is 10.7 Å². The van der Waals surface area contributed by atoms with Crippen molar-refractivity contribution in [3.63, 3.8) is 0 Å². The molecule has 1 heterocycles. The van der Waals surface area contributed by atoms with Gasteiger partial charge in [-0.3, -0.25) is 16.7 Å². The van der Waals surface area contributed by atoms with Crippen LogP contribution in [0.1, 0.15) is 154 Å². The van der Waals surface area contributed by atoms with Gasteiger partial charge in [0.05, 0.1) is 30.2 Å². The predicted molar refractivity (Wildman–Crippen MR) is 207 cm³/mol. The first-order valence-electron chi connectivity index (χ1n) is 19.7. The molecule has 1 aromatic carbocycles. The summed E-state index contributed by atoms with van der Waals surface area (Å²) in [7, 11) is -2.14. The van der Waals surface area contributed by atoms with Gasteiger partial charge in [0.2, 0.25) is 0 Å². The number of hydrogen-bond donors (Lipinski definition) is 0. The third-order valence-corrected chi connectivity index (χ3v) is 21.2. The van der Waals surface area contributed by atoms with Crippen molar-refractivity contribution in [3.8, 4) is 5.69 Å². The van der Waals surface area contributed by atoms with Gasteiger partial charge in [0, 0.05) is 17.5 Å². The van der Waals surface area contributed by atoms with E-state index in [1.165, 1.54) is 128 Å². The Labute approximate surface area is 304 Å². The Morgan fingerprint density at radius 3 is 1.57 bits per heavy atom. The minimum atomic E-state index is -1.53. The second kappa shape index (κ2) is 19.7. The van der Waals surface area contributed by atoms with Crippen LogP contribution in [-0.2, 0) is 19.5 Å². The summed E-state index contributed by atoms with van der Waals surface area (Å²) in [4.78, 5) is 0. The quantitative estimate of drug-likeness (QED) is 0.151. The van der Waals surface area contributed by atoms with Crippen LogP contribution in [0, 0.1) is 18.8 Å². The number of allylic oxidation sites excluding steroid dienone is 4. The smallest absolute Gasteiger partial charge is 0.500 e. The molecular weight excluding hydrogens is 695 g/mol. The van der Waals surface area contributed by atoms with Gasteiger partial charge in [-0.15, -0.1) is 0 Å². The first kappa shape index (κ1) is 37.7. The van der Waals surface area contributed by atoms with E-state index in [1.807, 2.05) is 0 Å². The largest absolute Gasteiger partial charge is 3.00 e. The zero-order valence-corrected chi connectivity index (χ0v) is 32.9. The van der Waals surface area contributed by atoms with Crippen molar-refractivity contribution in [2.75, 3.05) is 0 Å². The van der Waals surface area contributed by atoms with Gasteiger partial charge in [-0.25, -0.2) is 0 Å². The molecule has 7 rings (SSSR count). The van der Waals surface area contributed by atoms with Crippen LogP contribution in [0.25, 0.3) is 5.69 Å². The number of aromatic nitrogens is 1. The summed E-state index contributed by atoms with van der Waals surface area (Å²) < 4.78 is 2.76. The normalized spacial score (nSPS) is 22.6. The molecule has 1 nitrogen and oxygen atoms in total. The van der Waals surface area contributed by atoms with Crippen LogP contribution in [0.3, 0.4) is 0 Å². The molecule has 0 radical (unpaired) electrons. The average molecular weight is 760 g/mol. The fourth-order valence-corrected chi connectivity index (χ4v) is 19.2. The number of nitrogens with zero attached hydrogens (tertiary/aromatic N) is 1. The molecule has 5 aliphatic carbocycles. The van der Waals surface area contributed by atoms with E-state index in [-0.39, 0.29) is 19.5 Å². The standard InChI is InChI=1S/C35H53NP2.C8H10.Rh/c1-38(31-21-10-4-11-22-31,32-23-12-5-13-24-32)34-26-15-14-25-33(34)36-28-16-27-35(36)37(29-17-6-2-7-18-29)30-19-8-3-9-20-30;1-2-4-6-8-7-5-3-1;/h14-16,25-32H,1-13,17-24H2;1,8H,2,4-5,7H2;/q;-2;+3/p+1. The van der Waals surface area contributed by atoms with Crippen molar-refractivity contribution in [1.82, 2.24) is 4.57 Å². The van der Waals surface area contributed by atoms with Gasteiger partial charge in [-0.2, -0.15) is 19.5 Å². The Morgan fingerprint density at radius 1 is 0.596 bits per heavy atom. The monoisotopic (exact) mass is 759 g/mol. The topological polar surface area (TPSA) is 4.93 Å². The van der Waals surface area contributed by atoms with Crippen LogP contribution in [0.15, 0.2) is 54.7 Å². The molecule has 0 atom stereocenters. The maximum Gasteiger partial charge on any atom is 3.00 e. The molecule has 258 valence electrons. The Hall–Kier alpha value is -0.537. The second-order valence-corrected chi connectivity index (χ2v) is 22.1. The Balaban J connectivity index is 0.000000424. The molecule has 4 fully saturated rings. The van der Waals surface area contributed by atoms with Crippen LogP contribution >= 0.6 is 15.2 Å². The van der Waals surface area contributed by atoms with E-state index in [1.54, 1.807) is 16.4 Å². The molecule has 4 heteroatoms. The third kappa shape index (κ3) is 9.62. The van der Waals surface area contributed by atoms with E-state index >= 15 is 0 Å². The van der Waals surface area contributed by atoms with Crippen LogP contribution in [0.2, 0.25) is 0 Å². The summed E-state index contributed by atoms with van der Waals surface area (Å²) in [5.41, 5.74) is 6.95. The summed E-state index contributed by atoms with van der Waals surface area (Å²) >= 11 is 0. The van der Waals surface area contributed by atoms with Gasteiger partial charge in [-0.05, 0) is 127 Å². The van der Waals surface area contributed by atoms with E-state index < -0.39 is 15.2 Å². The van der Waals surface area contributed by atoms with Gasteiger partial charge >= 0.3 is 19.5 Å². The van der Waals surface area contributed by atoms with Crippen molar-refractivity contribution in [1.29, 1.82) is 0 Å². The molecule has 5 aliphatic rings. The molecule has 0 N–H and O–H groups in total. The third-order valence-electron chi connectivity index (χ3n) is 12.3. The minimum absolute atomic E-state index is 0. The van der Waals surface area contributed by atoms with Crippen LogP contribution in [0.5, 0.6) is 0 Å². The number of para-hydroxylation sites is 1. The van der Waals surface area contributed by atoms with Crippen molar-refractivity contribution >= 4 is 25.9 Å². The molecule has 4 saturated carbocycles. The molecule has 0 unspecified atom stereocenters. The second-order valence-electron chi connectivity index (χ2n) is 15.3. The van der Waals surface area contributed by atoms with Crippen molar-refractivity contribution in [2.24, 2.45) is 0 Å². The zero-order chi connectivity index (χ0) is 31.4. The van der Waals surface area contributed by atoms with Gasteiger partial charge in [0.15, 0.2) is 5.44 Å². The SMILES string of the molecule is [C-]1=CCC[C-]=CCC1.[CH2-][P+](c1ccccc1-n1cccc1[PH+](C1CCCCC1)C1CCCCC1)(C1CCCCC1)C1CCCCC1.[Rh+3]. The molecule has 0 amide bonds. The van der Waals surface area contributed by atoms with E-state index in [2.05, 4.69) is 71.5 Å². The molecule has 0 bridgehead atoms. The minimum Gasteiger partial charge on any atom is -0.500 e. The summed E-state index contributed by atoms with van der Waals surface area (Å²) in [6.45, 7) is 5.42. The molecule has 0 aliphatic heterocycles. The number of hydrogen-bond acceptors (Lipinski definition) is 0. The zero-order valence-electron chi connectivity index (χ0n) is 29.4. The van der Waals surface area contributed by atoms with E-state index in [0.717, 1.165) is 48.3 Å². The van der Waals surface area contributed by atoms with Gasteiger partial charge < -0.3 is 12.2 Å². The summed E-state index contributed by atoms with van der Waals surface area (Å²) in [5.74, 6) is 0. The van der Waals surface area contributed by atoms with Gasteiger partial charge in [-0.1, -0.05) is 57.9 Å². The number of benzene rings is 1. The molecular formula is C43H64NP2Rh+2. The fraction of sp³-hybridized carbons (Fsp3) is 0.651. The summed E-state index contributed by atoms with van der Waals surface area (Å²) in [6.07, 6.45) is 46.6. The van der Waals surface area contributed by atoms with Gasteiger partial charge in [0.1, 0.15) is 0 Å². The molecule has 0 spiro atoms. The van der Waals surface area contributed by atoms with Crippen molar-refractivity contribution < 1.29 is 19.5 Å². The maximum atomic E-state index is 5.42. The van der Waals surface area contributed by atoms with Gasteiger partial charge in [0.25, 0.3) is 0 Å². The molecule has 47 heavy (non-hydrogen) atoms. The van der Waals surface area contributed by atoms with Crippen molar-refractivity contribution in [3.05, 3.63) is 73.6 Å². The Kier molecular flexibility index (Phi) is 15.8. The molecule has 1 aromatic heterocycles. The first-order chi connectivity index (χ1) is 22.8. The predicted octanol–water partition coefficient (Wildman–Crippen LogP) is 12.4. The van der Waals surface area contributed by atoms with E-state index in [0.29, 0.717) is 0 Å². The van der Waals surface area contributed by atoms with Crippen LogP contribution in [0.4, 0.5) is 0 Å². The fourth-order valence-electron chi connectivity index (χ4n) is 9.92. The molecule has 2 aromatic rings. The molecule has 0 saturated heterocycles.